The lowest BCUT2D eigenvalue weighted by Crippen LogP contribution is -2.43. The molecule has 1 saturated heterocycles. The van der Waals surface area contributed by atoms with Gasteiger partial charge < -0.3 is 19.8 Å². The molecule has 256 valence electrons. The van der Waals surface area contributed by atoms with Crippen LogP contribution >= 0.6 is 23.5 Å². The second-order valence-corrected chi connectivity index (χ2v) is 20.0. The monoisotopic (exact) mass is 671 g/mol. The minimum Gasteiger partial charge on any atom is -0.507 e. The summed E-state index contributed by atoms with van der Waals surface area (Å²) in [5, 5.41) is 20.6. The van der Waals surface area contributed by atoms with E-state index in [0.717, 1.165) is 34.6 Å². The summed E-state index contributed by atoms with van der Waals surface area (Å²) >= 11 is 3.70. The van der Waals surface area contributed by atoms with Crippen molar-refractivity contribution >= 4 is 35.4 Å². The molecule has 0 aromatic heterocycles. The third kappa shape index (κ3) is 9.18. The maximum absolute atomic E-state index is 13.0. The highest BCUT2D eigenvalue weighted by Crippen LogP contribution is 2.55. The summed E-state index contributed by atoms with van der Waals surface area (Å²) in [6, 6.07) is 8.86. The van der Waals surface area contributed by atoms with Gasteiger partial charge in [-0.25, -0.2) is 0 Å². The number of carboxylic acids is 1. The first kappa shape index (κ1) is 38.1. The molecule has 0 bridgehead atoms. The highest BCUT2D eigenvalue weighted by molar-refractivity contribution is 8.18. The predicted octanol–water partition coefficient (Wildman–Crippen LogP) is 9.66. The SMILES string of the molecule is COc1c(C(C)(C)C)cc(SC2(Sc3cc(C(C)(C)C)c(O)c(C(C)(C)C)c3)CCN(C(=O)CCC(=O)O)CC2)cc1C(C)(C)C. The lowest BCUT2D eigenvalue weighted by Gasteiger charge is -2.42. The number of aliphatic carboxylic acids is 1. The number of carbonyl (C=O) groups excluding carboxylic acids is 1. The Balaban J connectivity index is 2.18. The van der Waals surface area contributed by atoms with Crippen molar-refractivity contribution in [3.63, 3.8) is 0 Å². The van der Waals surface area contributed by atoms with Crippen molar-refractivity contribution in [1.82, 2.24) is 4.90 Å². The molecular formula is C38H57NO5S2. The Morgan fingerprint density at radius 2 is 1.09 bits per heavy atom. The van der Waals surface area contributed by atoms with Crippen molar-refractivity contribution in [2.45, 2.75) is 144 Å². The molecule has 0 atom stereocenters. The molecule has 0 unspecified atom stereocenters. The van der Waals surface area contributed by atoms with E-state index >= 15 is 0 Å². The second kappa shape index (κ2) is 13.7. The van der Waals surface area contributed by atoms with Crippen LogP contribution in [0.2, 0.25) is 0 Å². The number of likely N-dealkylation sites (tertiary alicyclic amines) is 1. The maximum atomic E-state index is 13.0. The van der Waals surface area contributed by atoms with Crippen molar-refractivity contribution in [3.05, 3.63) is 46.5 Å². The zero-order chi connectivity index (χ0) is 35.0. The predicted molar refractivity (Wildman–Crippen MR) is 193 cm³/mol. The molecule has 2 aromatic carbocycles. The number of phenols is 1. The van der Waals surface area contributed by atoms with Crippen LogP contribution in [0.25, 0.3) is 0 Å². The van der Waals surface area contributed by atoms with Crippen LogP contribution < -0.4 is 4.74 Å². The summed E-state index contributed by atoms with van der Waals surface area (Å²) in [5.41, 5.74) is 3.42. The molecule has 1 amide bonds. The molecule has 46 heavy (non-hydrogen) atoms. The van der Waals surface area contributed by atoms with Gasteiger partial charge in [-0.1, -0.05) is 83.1 Å². The largest absolute Gasteiger partial charge is 0.507 e. The first-order valence-electron chi connectivity index (χ1n) is 16.4. The number of benzene rings is 2. The van der Waals surface area contributed by atoms with Gasteiger partial charge in [-0.2, -0.15) is 0 Å². The van der Waals surface area contributed by atoms with Crippen LogP contribution in [0.1, 0.15) is 131 Å². The van der Waals surface area contributed by atoms with E-state index in [1.165, 1.54) is 16.0 Å². The fourth-order valence-corrected chi connectivity index (χ4v) is 9.01. The zero-order valence-electron chi connectivity index (χ0n) is 30.4. The van der Waals surface area contributed by atoms with Crippen LogP contribution in [-0.2, 0) is 31.2 Å². The van der Waals surface area contributed by atoms with E-state index in [2.05, 4.69) is 107 Å². The molecule has 1 aliphatic heterocycles. The standard InChI is InChI=1S/C38H57NO5S2/c1-34(2,3)26-20-24(21-27(32(26)43)35(4,5)6)45-38(16-18-39(19-17-38)30(40)14-15-31(41)42)46-25-22-28(36(7,8)9)33(44-13)29(23-25)37(10,11)12/h20-23,43H,14-19H2,1-13H3,(H,41,42). The number of methoxy groups -OCH3 is 1. The number of rotatable bonds is 8. The average molecular weight is 672 g/mol. The van der Waals surface area contributed by atoms with Crippen molar-refractivity contribution in [2.75, 3.05) is 20.2 Å². The van der Waals surface area contributed by atoms with Gasteiger partial charge in [-0.3, -0.25) is 9.59 Å². The minimum absolute atomic E-state index is 0.0207. The molecule has 6 nitrogen and oxygen atoms in total. The maximum Gasteiger partial charge on any atom is 0.303 e. The van der Waals surface area contributed by atoms with Gasteiger partial charge in [0.25, 0.3) is 0 Å². The van der Waals surface area contributed by atoms with Crippen LogP contribution in [0.4, 0.5) is 0 Å². The lowest BCUT2D eigenvalue weighted by atomic mass is 9.79. The molecule has 3 rings (SSSR count). The van der Waals surface area contributed by atoms with Crippen molar-refractivity contribution in [3.8, 4) is 11.5 Å². The number of hydrogen-bond acceptors (Lipinski definition) is 6. The molecule has 1 aliphatic rings. The highest BCUT2D eigenvalue weighted by Gasteiger charge is 2.40. The lowest BCUT2D eigenvalue weighted by molar-refractivity contribution is -0.141. The van der Waals surface area contributed by atoms with Gasteiger partial charge in [0.2, 0.25) is 5.91 Å². The van der Waals surface area contributed by atoms with E-state index in [1.807, 2.05) is 28.4 Å². The fourth-order valence-electron chi connectivity index (χ4n) is 5.93. The van der Waals surface area contributed by atoms with E-state index in [9.17, 15) is 14.7 Å². The van der Waals surface area contributed by atoms with Gasteiger partial charge in [0, 0.05) is 51.6 Å². The fraction of sp³-hybridized carbons (Fsp3) is 0.632. The molecule has 0 spiro atoms. The zero-order valence-corrected chi connectivity index (χ0v) is 32.1. The van der Waals surface area contributed by atoms with E-state index < -0.39 is 5.97 Å². The Bertz CT molecular complexity index is 1360. The number of aromatic hydroxyl groups is 1. The summed E-state index contributed by atoms with van der Waals surface area (Å²) in [6.07, 6.45) is 1.34. The number of phenolic OH excluding ortho intramolecular Hbond substituents is 1. The van der Waals surface area contributed by atoms with Crippen LogP contribution in [0, 0.1) is 0 Å². The van der Waals surface area contributed by atoms with E-state index in [-0.39, 0.29) is 44.5 Å². The Morgan fingerprint density at radius 1 is 0.717 bits per heavy atom. The van der Waals surface area contributed by atoms with Crippen molar-refractivity contribution in [2.24, 2.45) is 0 Å². The van der Waals surface area contributed by atoms with Gasteiger partial charge in [0.05, 0.1) is 17.6 Å². The summed E-state index contributed by atoms with van der Waals surface area (Å²) in [4.78, 5) is 28.2. The third-order valence-electron chi connectivity index (χ3n) is 8.62. The molecule has 2 N–H and O–H groups in total. The molecule has 0 radical (unpaired) electrons. The van der Waals surface area contributed by atoms with Gasteiger partial charge in [-0.15, -0.1) is 23.5 Å². The van der Waals surface area contributed by atoms with Crippen molar-refractivity contribution < 1.29 is 24.5 Å². The quantitative estimate of drug-likeness (QED) is 0.270. The molecular weight excluding hydrogens is 615 g/mol. The highest BCUT2D eigenvalue weighted by atomic mass is 32.2. The average Bonchev–Trinajstić information content (AvgIpc) is 2.90. The third-order valence-corrected chi connectivity index (χ3v) is 11.6. The Morgan fingerprint density at radius 3 is 1.41 bits per heavy atom. The Kier molecular flexibility index (Phi) is 11.3. The first-order valence-corrected chi connectivity index (χ1v) is 18.0. The summed E-state index contributed by atoms with van der Waals surface area (Å²) in [7, 11) is 1.76. The molecule has 0 aliphatic carbocycles. The van der Waals surface area contributed by atoms with E-state index in [0.29, 0.717) is 18.8 Å². The Hall–Kier alpha value is -2.32. The summed E-state index contributed by atoms with van der Waals surface area (Å²) < 4.78 is 5.75. The normalized spacial score (nSPS) is 16.0. The second-order valence-electron chi connectivity index (χ2n) is 16.8. The number of amides is 1. The number of thioether (sulfide) groups is 2. The summed E-state index contributed by atoms with van der Waals surface area (Å²) in [6.45, 7) is 27.2. The number of hydrogen-bond donors (Lipinski definition) is 2. The Labute approximate surface area is 286 Å². The number of nitrogens with zero attached hydrogens (tertiary/aromatic N) is 1. The van der Waals surface area contributed by atoms with E-state index in [4.69, 9.17) is 9.84 Å². The van der Waals surface area contributed by atoms with Gasteiger partial charge >= 0.3 is 5.97 Å². The van der Waals surface area contributed by atoms with Crippen molar-refractivity contribution in [1.29, 1.82) is 0 Å². The first-order chi connectivity index (χ1) is 20.9. The van der Waals surface area contributed by atoms with E-state index in [1.54, 1.807) is 7.11 Å². The minimum atomic E-state index is -0.953. The van der Waals surface area contributed by atoms with Gasteiger partial charge in [0.1, 0.15) is 11.5 Å². The molecule has 0 saturated carbocycles. The smallest absolute Gasteiger partial charge is 0.303 e. The molecule has 2 aromatic rings. The van der Waals surface area contributed by atoms with Crippen LogP contribution in [-0.4, -0.2) is 51.3 Å². The number of carbonyl (C=O) groups is 2. The van der Waals surface area contributed by atoms with Crippen LogP contribution in [0.15, 0.2) is 34.1 Å². The number of carboxylic acid groups (broad SMARTS) is 1. The number of ether oxygens (including phenoxy) is 1. The van der Waals surface area contributed by atoms with Crippen LogP contribution in [0.3, 0.4) is 0 Å². The summed E-state index contributed by atoms with van der Waals surface area (Å²) in [5.74, 6) is 0.249. The number of piperidine rings is 1. The topological polar surface area (TPSA) is 87.1 Å². The van der Waals surface area contributed by atoms with Crippen LogP contribution in [0.5, 0.6) is 11.5 Å². The van der Waals surface area contributed by atoms with Gasteiger partial charge in [-0.05, 0) is 58.8 Å². The molecule has 1 heterocycles. The van der Waals surface area contributed by atoms with Gasteiger partial charge in [0.15, 0.2) is 0 Å². The molecule has 1 fully saturated rings. The molecule has 8 heteroatoms.